The van der Waals surface area contributed by atoms with E-state index in [-0.39, 0.29) is 17.7 Å². The smallest absolute Gasteiger partial charge is 0.252 e. The quantitative estimate of drug-likeness (QED) is 0.404. The zero-order chi connectivity index (χ0) is 23.5. The van der Waals surface area contributed by atoms with Crippen molar-refractivity contribution in [1.82, 2.24) is 30.1 Å². The fourth-order valence-electron chi connectivity index (χ4n) is 4.75. The molecule has 1 N–H and O–H groups in total. The second-order valence-corrected chi connectivity index (χ2v) is 8.98. The molecule has 1 aromatic carbocycles. The van der Waals surface area contributed by atoms with Crippen LogP contribution in [-0.2, 0) is 24.4 Å². The standard InChI is InChI=1S/C25H30N6O3/c1-3-23(24-27-28-29-31(24)16-21-7-5-11-34-21)30(15-20-6-4-10-33-20)14-19-13-18-12-17(2)8-9-22(18)26-25(19)32/h4,6,8-10,12-13,21,23H,3,5,7,11,14-16H2,1-2H3,(H,26,32)/t21-,23+/m0/s1. The number of aromatic nitrogens is 5. The van der Waals surface area contributed by atoms with Crippen molar-refractivity contribution in [2.75, 3.05) is 6.61 Å². The summed E-state index contributed by atoms with van der Waals surface area (Å²) in [4.78, 5) is 18.2. The molecular formula is C25H30N6O3. The van der Waals surface area contributed by atoms with Crippen LogP contribution in [0.3, 0.4) is 0 Å². The van der Waals surface area contributed by atoms with E-state index < -0.39 is 0 Å². The molecule has 0 aliphatic carbocycles. The van der Waals surface area contributed by atoms with Gasteiger partial charge in [-0.05, 0) is 72.3 Å². The predicted molar refractivity (Wildman–Crippen MR) is 127 cm³/mol. The summed E-state index contributed by atoms with van der Waals surface area (Å²) in [5, 5.41) is 13.6. The van der Waals surface area contributed by atoms with Gasteiger partial charge in [0.1, 0.15) is 5.76 Å². The van der Waals surface area contributed by atoms with Gasteiger partial charge >= 0.3 is 0 Å². The number of aryl methyl sites for hydroxylation is 1. The number of ether oxygens (including phenoxy) is 1. The molecule has 9 nitrogen and oxygen atoms in total. The maximum atomic E-state index is 13.0. The normalized spacial score (nSPS) is 17.1. The highest BCUT2D eigenvalue weighted by atomic mass is 16.5. The second-order valence-electron chi connectivity index (χ2n) is 8.98. The summed E-state index contributed by atoms with van der Waals surface area (Å²) in [6, 6.07) is 11.7. The lowest BCUT2D eigenvalue weighted by Gasteiger charge is -2.29. The van der Waals surface area contributed by atoms with Crippen LogP contribution in [0.25, 0.3) is 10.9 Å². The van der Waals surface area contributed by atoms with Gasteiger partial charge in [0.05, 0.1) is 31.5 Å². The minimum absolute atomic E-state index is 0.0883. The number of nitrogens with zero attached hydrogens (tertiary/aromatic N) is 5. The third-order valence-corrected chi connectivity index (χ3v) is 6.47. The molecule has 34 heavy (non-hydrogen) atoms. The van der Waals surface area contributed by atoms with E-state index >= 15 is 0 Å². The van der Waals surface area contributed by atoms with Gasteiger partial charge in [0, 0.05) is 24.2 Å². The molecule has 9 heteroatoms. The van der Waals surface area contributed by atoms with Crippen LogP contribution in [-0.4, -0.2) is 42.8 Å². The number of hydrogen-bond acceptors (Lipinski definition) is 7. The summed E-state index contributed by atoms with van der Waals surface area (Å²) in [6.45, 7) is 6.54. The topological polar surface area (TPSA) is 102 Å². The Morgan fingerprint density at radius 1 is 1.26 bits per heavy atom. The zero-order valence-corrected chi connectivity index (χ0v) is 19.6. The average Bonchev–Trinajstić information content (AvgIpc) is 3.60. The average molecular weight is 463 g/mol. The van der Waals surface area contributed by atoms with Crippen LogP contribution in [0.15, 0.2) is 51.9 Å². The molecule has 0 amide bonds. The van der Waals surface area contributed by atoms with E-state index in [1.54, 1.807) is 6.26 Å². The fourth-order valence-corrected chi connectivity index (χ4v) is 4.75. The molecule has 4 heterocycles. The molecule has 0 unspecified atom stereocenters. The number of H-pyrrole nitrogens is 1. The highest BCUT2D eigenvalue weighted by Crippen LogP contribution is 2.27. The molecule has 4 aromatic rings. The maximum absolute atomic E-state index is 13.0. The minimum Gasteiger partial charge on any atom is -0.468 e. The van der Waals surface area contributed by atoms with Crippen molar-refractivity contribution in [3.05, 3.63) is 75.7 Å². The highest BCUT2D eigenvalue weighted by molar-refractivity contribution is 5.79. The zero-order valence-electron chi connectivity index (χ0n) is 19.6. The monoisotopic (exact) mass is 462 g/mol. The molecule has 1 aliphatic heterocycles. The Kier molecular flexibility index (Phi) is 6.55. The van der Waals surface area contributed by atoms with Gasteiger partial charge in [-0.15, -0.1) is 5.10 Å². The lowest BCUT2D eigenvalue weighted by atomic mass is 10.1. The Bertz CT molecular complexity index is 1290. The van der Waals surface area contributed by atoms with E-state index in [0.717, 1.165) is 53.9 Å². The fraction of sp³-hybridized carbons (Fsp3) is 0.440. The van der Waals surface area contributed by atoms with Crippen molar-refractivity contribution in [2.24, 2.45) is 0 Å². The first kappa shape index (κ1) is 22.5. The lowest BCUT2D eigenvalue weighted by molar-refractivity contribution is 0.0882. The number of benzene rings is 1. The highest BCUT2D eigenvalue weighted by Gasteiger charge is 2.28. The molecular weight excluding hydrogens is 432 g/mol. The van der Waals surface area contributed by atoms with Crippen molar-refractivity contribution in [2.45, 2.75) is 64.9 Å². The molecule has 2 atom stereocenters. The molecule has 178 valence electrons. The first-order valence-electron chi connectivity index (χ1n) is 11.9. The number of fused-ring (bicyclic) bond motifs is 1. The first-order valence-corrected chi connectivity index (χ1v) is 11.9. The molecule has 1 fully saturated rings. The third kappa shape index (κ3) is 4.80. The third-order valence-electron chi connectivity index (χ3n) is 6.47. The maximum Gasteiger partial charge on any atom is 0.252 e. The lowest BCUT2D eigenvalue weighted by Crippen LogP contribution is -2.33. The molecule has 1 aliphatic rings. The Labute approximate surface area is 197 Å². The van der Waals surface area contributed by atoms with E-state index in [1.165, 1.54) is 0 Å². The summed E-state index contributed by atoms with van der Waals surface area (Å²) in [5.74, 6) is 1.60. The number of hydrogen-bond donors (Lipinski definition) is 1. The largest absolute Gasteiger partial charge is 0.468 e. The van der Waals surface area contributed by atoms with Gasteiger partial charge in [-0.25, -0.2) is 4.68 Å². The Morgan fingerprint density at radius 2 is 2.18 bits per heavy atom. The molecule has 0 spiro atoms. The molecule has 3 aromatic heterocycles. The van der Waals surface area contributed by atoms with Gasteiger partial charge in [0.25, 0.3) is 5.56 Å². The van der Waals surface area contributed by atoms with Crippen molar-refractivity contribution in [1.29, 1.82) is 0 Å². The number of tetrazole rings is 1. The van der Waals surface area contributed by atoms with Crippen molar-refractivity contribution >= 4 is 10.9 Å². The van der Waals surface area contributed by atoms with Crippen LogP contribution in [0.5, 0.6) is 0 Å². The number of pyridine rings is 1. The van der Waals surface area contributed by atoms with Gasteiger partial charge < -0.3 is 14.1 Å². The van der Waals surface area contributed by atoms with Crippen molar-refractivity contribution in [3.63, 3.8) is 0 Å². The molecule has 0 bridgehead atoms. The van der Waals surface area contributed by atoms with Gasteiger partial charge in [-0.2, -0.15) is 0 Å². The number of rotatable bonds is 9. The molecule has 5 rings (SSSR count). The van der Waals surface area contributed by atoms with E-state index in [9.17, 15) is 4.79 Å². The van der Waals surface area contributed by atoms with Gasteiger partial charge in [0.15, 0.2) is 5.82 Å². The summed E-state index contributed by atoms with van der Waals surface area (Å²) >= 11 is 0. The Hall–Kier alpha value is -3.30. The van der Waals surface area contributed by atoms with Gasteiger partial charge in [-0.1, -0.05) is 18.6 Å². The minimum atomic E-state index is -0.103. The molecule has 0 radical (unpaired) electrons. The predicted octanol–water partition coefficient (Wildman–Crippen LogP) is 3.75. The van der Waals surface area contributed by atoms with Crippen LogP contribution >= 0.6 is 0 Å². The molecule has 1 saturated heterocycles. The molecule has 0 saturated carbocycles. The van der Waals surface area contributed by atoms with Crippen LogP contribution in [0.1, 0.15) is 54.9 Å². The number of aromatic amines is 1. The van der Waals surface area contributed by atoms with Crippen LogP contribution in [0.2, 0.25) is 0 Å². The van der Waals surface area contributed by atoms with E-state index in [1.807, 2.05) is 35.0 Å². The summed E-state index contributed by atoms with van der Waals surface area (Å²) < 4.78 is 13.3. The van der Waals surface area contributed by atoms with Gasteiger partial charge in [-0.3, -0.25) is 9.69 Å². The van der Waals surface area contributed by atoms with Gasteiger partial charge in [0.2, 0.25) is 0 Å². The summed E-state index contributed by atoms with van der Waals surface area (Å²) in [6.07, 6.45) is 4.65. The Morgan fingerprint density at radius 3 is 2.94 bits per heavy atom. The van der Waals surface area contributed by atoms with Crippen LogP contribution in [0.4, 0.5) is 0 Å². The van der Waals surface area contributed by atoms with Crippen molar-refractivity contribution in [3.8, 4) is 0 Å². The van der Waals surface area contributed by atoms with Crippen LogP contribution in [0, 0.1) is 6.92 Å². The van der Waals surface area contributed by atoms with Crippen LogP contribution < -0.4 is 5.56 Å². The van der Waals surface area contributed by atoms with E-state index in [4.69, 9.17) is 9.15 Å². The SMILES string of the molecule is CC[C@H](c1nnnn1C[C@@H]1CCCO1)N(Cc1ccco1)Cc1cc2cc(C)ccc2[nH]c1=O. The summed E-state index contributed by atoms with van der Waals surface area (Å²) in [7, 11) is 0. The van der Waals surface area contributed by atoms with E-state index in [2.05, 4.69) is 45.3 Å². The first-order chi connectivity index (χ1) is 16.6. The van der Waals surface area contributed by atoms with Crippen molar-refractivity contribution < 1.29 is 9.15 Å². The number of furan rings is 1. The Balaban J connectivity index is 1.48. The number of nitrogens with one attached hydrogen (secondary N) is 1. The van der Waals surface area contributed by atoms with E-state index in [0.29, 0.717) is 25.2 Å². The summed E-state index contributed by atoms with van der Waals surface area (Å²) in [5.41, 5.74) is 2.60. The second kappa shape index (κ2) is 9.90.